The molecule has 2 unspecified atom stereocenters. The van der Waals surface area contributed by atoms with Crippen molar-refractivity contribution in [2.24, 2.45) is 0 Å². The van der Waals surface area contributed by atoms with Crippen LogP contribution in [0.3, 0.4) is 0 Å². The molecule has 0 radical (unpaired) electrons. The SMILES string of the molecule is CCOC1(OCC)CCNC(C(Cc2ccccc2)N2C(=O)c3ccccc3C2=O)C1. The zero-order valence-corrected chi connectivity index (χ0v) is 18.2. The van der Waals surface area contributed by atoms with E-state index in [4.69, 9.17) is 9.47 Å². The minimum absolute atomic E-state index is 0.144. The fraction of sp³-hybridized carbons (Fsp3) is 0.440. The van der Waals surface area contributed by atoms with Crippen LogP contribution in [0.25, 0.3) is 0 Å². The number of fused-ring (bicyclic) bond motifs is 1. The molecule has 2 amide bonds. The Morgan fingerprint density at radius 2 is 1.55 bits per heavy atom. The van der Waals surface area contributed by atoms with Gasteiger partial charge in [0.05, 0.1) is 17.2 Å². The lowest BCUT2D eigenvalue weighted by Crippen LogP contribution is -2.60. The van der Waals surface area contributed by atoms with Gasteiger partial charge in [-0.05, 0) is 38.0 Å². The maximum absolute atomic E-state index is 13.3. The lowest BCUT2D eigenvalue weighted by atomic mass is 9.88. The smallest absolute Gasteiger partial charge is 0.261 e. The van der Waals surface area contributed by atoms with Gasteiger partial charge in [-0.15, -0.1) is 0 Å². The van der Waals surface area contributed by atoms with E-state index in [1.807, 2.05) is 44.2 Å². The second-order valence-electron chi connectivity index (χ2n) is 8.07. The molecule has 0 saturated carbocycles. The van der Waals surface area contributed by atoms with E-state index in [-0.39, 0.29) is 23.9 Å². The molecule has 2 aliphatic heterocycles. The third-order valence-corrected chi connectivity index (χ3v) is 6.17. The molecule has 1 saturated heterocycles. The number of nitrogens with one attached hydrogen (secondary N) is 1. The average molecular weight is 423 g/mol. The Labute approximate surface area is 183 Å². The van der Waals surface area contributed by atoms with Crippen molar-refractivity contribution >= 4 is 11.8 Å². The summed E-state index contributed by atoms with van der Waals surface area (Å²) < 4.78 is 12.1. The second kappa shape index (κ2) is 9.30. The van der Waals surface area contributed by atoms with Gasteiger partial charge in [0, 0.05) is 38.6 Å². The fourth-order valence-corrected chi connectivity index (χ4v) is 4.84. The molecule has 31 heavy (non-hydrogen) atoms. The standard InChI is InChI=1S/C25H30N2O4/c1-3-30-25(31-4-2)14-15-26-21(17-25)22(16-18-10-6-5-7-11-18)27-23(28)19-12-8-9-13-20(19)24(27)29/h5-13,21-22,26H,3-4,14-17H2,1-2H3. The van der Waals surface area contributed by atoms with Crippen LogP contribution in [0.1, 0.15) is 53.0 Å². The monoisotopic (exact) mass is 422 g/mol. The first-order valence-electron chi connectivity index (χ1n) is 11.1. The van der Waals surface area contributed by atoms with Crippen molar-refractivity contribution in [3.63, 3.8) is 0 Å². The van der Waals surface area contributed by atoms with Crippen molar-refractivity contribution in [3.05, 3.63) is 71.3 Å². The van der Waals surface area contributed by atoms with E-state index in [0.717, 1.165) is 12.0 Å². The molecule has 1 N–H and O–H groups in total. The topological polar surface area (TPSA) is 67.9 Å². The molecular formula is C25H30N2O4. The maximum Gasteiger partial charge on any atom is 0.261 e. The van der Waals surface area contributed by atoms with Gasteiger partial charge in [-0.2, -0.15) is 0 Å². The first-order chi connectivity index (χ1) is 15.1. The molecule has 1 fully saturated rings. The molecule has 0 bridgehead atoms. The molecule has 0 aliphatic carbocycles. The van der Waals surface area contributed by atoms with E-state index < -0.39 is 5.79 Å². The molecule has 2 heterocycles. The summed E-state index contributed by atoms with van der Waals surface area (Å²) >= 11 is 0. The summed E-state index contributed by atoms with van der Waals surface area (Å²) in [5.41, 5.74) is 2.03. The summed E-state index contributed by atoms with van der Waals surface area (Å²) in [6.07, 6.45) is 1.86. The van der Waals surface area contributed by atoms with Crippen molar-refractivity contribution in [2.45, 2.75) is 51.0 Å². The molecule has 2 aromatic rings. The summed E-state index contributed by atoms with van der Waals surface area (Å²) in [6, 6.07) is 16.6. The number of amides is 2. The number of hydrogen-bond acceptors (Lipinski definition) is 5. The predicted molar refractivity (Wildman–Crippen MR) is 118 cm³/mol. The summed E-state index contributed by atoms with van der Waals surface area (Å²) in [5.74, 6) is -1.16. The van der Waals surface area contributed by atoms with Gasteiger partial charge in [0.1, 0.15) is 0 Å². The van der Waals surface area contributed by atoms with Crippen LogP contribution in [-0.4, -0.2) is 54.3 Å². The van der Waals surface area contributed by atoms with Crippen molar-refractivity contribution < 1.29 is 19.1 Å². The summed E-state index contributed by atoms with van der Waals surface area (Å²) in [6.45, 7) is 5.71. The molecule has 2 atom stereocenters. The summed E-state index contributed by atoms with van der Waals surface area (Å²) in [4.78, 5) is 28.1. The van der Waals surface area contributed by atoms with Gasteiger partial charge >= 0.3 is 0 Å². The molecule has 0 aromatic heterocycles. The molecule has 0 spiro atoms. The molecule has 6 heteroatoms. The highest BCUT2D eigenvalue weighted by Crippen LogP contribution is 2.34. The van der Waals surface area contributed by atoms with Gasteiger partial charge in [0.25, 0.3) is 11.8 Å². The van der Waals surface area contributed by atoms with Gasteiger partial charge in [-0.3, -0.25) is 14.5 Å². The Morgan fingerprint density at radius 3 is 2.13 bits per heavy atom. The lowest BCUT2D eigenvalue weighted by Gasteiger charge is -2.44. The molecule has 2 aromatic carbocycles. The van der Waals surface area contributed by atoms with Gasteiger partial charge in [-0.25, -0.2) is 0 Å². The Bertz CT molecular complexity index is 884. The molecule has 2 aliphatic rings. The average Bonchev–Trinajstić information content (AvgIpc) is 3.04. The van der Waals surface area contributed by atoms with E-state index in [9.17, 15) is 9.59 Å². The van der Waals surface area contributed by atoms with Crippen LogP contribution < -0.4 is 5.32 Å². The first-order valence-corrected chi connectivity index (χ1v) is 11.1. The normalized spacial score (nSPS) is 21.2. The number of piperidine rings is 1. The van der Waals surface area contributed by atoms with E-state index in [1.165, 1.54) is 4.90 Å². The van der Waals surface area contributed by atoms with E-state index in [1.54, 1.807) is 24.3 Å². The third kappa shape index (κ3) is 4.28. The van der Waals surface area contributed by atoms with Crippen LogP contribution in [0.4, 0.5) is 0 Å². The Kier molecular flexibility index (Phi) is 6.51. The Morgan fingerprint density at radius 1 is 0.968 bits per heavy atom. The minimum Gasteiger partial charge on any atom is -0.350 e. The van der Waals surface area contributed by atoms with Gasteiger partial charge in [0.15, 0.2) is 5.79 Å². The highest BCUT2D eigenvalue weighted by molar-refractivity contribution is 6.21. The number of nitrogens with zero attached hydrogens (tertiary/aromatic N) is 1. The van der Waals surface area contributed by atoms with E-state index >= 15 is 0 Å². The van der Waals surface area contributed by atoms with Gasteiger partial charge < -0.3 is 14.8 Å². The molecule has 6 nitrogen and oxygen atoms in total. The molecular weight excluding hydrogens is 392 g/mol. The number of hydrogen-bond donors (Lipinski definition) is 1. The van der Waals surface area contributed by atoms with Crippen LogP contribution in [0.2, 0.25) is 0 Å². The van der Waals surface area contributed by atoms with E-state index in [0.29, 0.717) is 43.7 Å². The quantitative estimate of drug-likeness (QED) is 0.522. The first kappa shape index (κ1) is 21.7. The van der Waals surface area contributed by atoms with Crippen molar-refractivity contribution in [1.29, 1.82) is 0 Å². The predicted octanol–water partition coefficient (Wildman–Crippen LogP) is 3.42. The number of benzene rings is 2. The Balaban J connectivity index is 1.68. The zero-order chi connectivity index (χ0) is 21.8. The van der Waals surface area contributed by atoms with Crippen molar-refractivity contribution in [1.82, 2.24) is 10.2 Å². The number of carbonyl (C=O) groups excluding carboxylic acids is 2. The zero-order valence-electron chi connectivity index (χ0n) is 18.2. The number of carbonyl (C=O) groups is 2. The fourth-order valence-electron chi connectivity index (χ4n) is 4.84. The van der Waals surface area contributed by atoms with E-state index in [2.05, 4.69) is 5.32 Å². The summed E-state index contributed by atoms with van der Waals surface area (Å²) in [7, 11) is 0. The second-order valence-corrected chi connectivity index (χ2v) is 8.07. The highest BCUT2D eigenvalue weighted by atomic mass is 16.7. The summed E-state index contributed by atoms with van der Waals surface area (Å²) in [5, 5.41) is 3.55. The maximum atomic E-state index is 13.3. The third-order valence-electron chi connectivity index (χ3n) is 6.17. The van der Waals surface area contributed by atoms with Crippen LogP contribution in [-0.2, 0) is 15.9 Å². The largest absolute Gasteiger partial charge is 0.350 e. The van der Waals surface area contributed by atoms with Crippen LogP contribution in [0.5, 0.6) is 0 Å². The van der Waals surface area contributed by atoms with Crippen LogP contribution in [0, 0.1) is 0 Å². The van der Waals surface area contributed by atoms with Crippen LogP contribution in [0.15, 0.2) is 54.6 Å². The highest BCUT2D eigenvalue weighted by Gasteiger charge is 2.47. The van der Waals surface area contributed by atoms with Gasteiger partial charge in [-0.1, -0.05) is 42.5 Å². The minimum atomic E-state index is -0.701. The van der Waals surface area contributed by atoms with Gasteiger partial charge in [0.2, 0.25) is 0 Å². The molecule has 164 valence electrons. The van der Waals surface area contributed by atoms with Crippen LogP contribution >= 0.6 is 0 Å². The number of rotatable bonds is 8. The van der Waals surface area contributed by atoms with Crippen molar-refractivity contribution in [2.75, 3.05) is 19.8 Å². The number of imide groups is 1. The Hall–Kier alpha value is -2.54. The number of ether oxygens (including phenoxy) is 2. The molecule has 4 rings (SSSR count). The lowest BCUT2D eigenvalue weighted by molar-refractivity contribution is -0.251. The van der Waals surface area contributed by atoms with Crippen molar-refractivity contribution in [3.8, 4) is 0 Å².